The lowest BCUT2D eigenvalue weighted by Gasteiger charge is -2.11. The maximum absolute atomic E-state index is 11.4. The average Bonchev–Trinajstić information content (AvgIpc) is 2.79. The molecule has 0 aliphatic carbocycles. The van der Waals surface area contributed by atoms with Gasteiger partial charge in [-0.1, -0.05) is 6.92 Å². The largest absolute Gasteiger partial charge is 0.381 e. The zero-order valence-electron chi connectivity index (χ0n) is 9.86. The Balaban J connectivity index is 2.16. The van der Waals surface area contributed by atoms with Crippen LogP contribution < -0.4 is 5.32 Å². The second-order valence-corrected chi connectivity index (χ2v) is 4.49. The quantitative estimate of drug-likeness (QED) is 0.744. The van der Waals surface area contributed by atoms with Crippen LogP contribution in [0.15, 0.2) is 16.8 Å². The van der Waals surface area contributed by atoms with Gasteiger partial charge in [-0.15, -0.1) is 0 Å². The van der Waals surface area contributed by atoms with Gasteiger partial charge in [-0.05, 0) is 35.2 Å². The zero-order valence-corrected chi connectivity index (χ0v) is 10.7. The van der Waals surface area contributed by atoms with E-state index in [-0.39, 0.29) is 5.91 Å². The van der Waals surface area contributed by atoms with E-state index >= 15 is 0 Å². The molecule has 4 heteroatoms. The standard InChI is InChI=1S/C12H19NO2S/c1-3-15-6-4-12(14)13-8-10(2)11-5-7-16-9-11/h5,7,9-10H,3-4,6,8H2,1-2H3,(H,13,14)/t10-/m0/s1. The van der Waals surface area contributed by atoms with Crippen molar-refractivity contribution >= 4 is 17.2 Å². The Hall–Kier alpha value is -0.870. The third-order valence-electron chi connectivity index (χ3n) is 2.40. The summed E-state index contributed by atoms with van der Waals surface area (Å²) in [7, 11) is 0. The van der Waals surface area contributed by atoms with Gasteiger partial charge in [-0.3, -0.25) is 4.79 Å². The van der Waals surface area contributed by atoms with E-state index < -0.39 is 0 Å². The number of amides is 1. The Morgan fingerprint density at radius 1 is 1.62 bits per heavy atom. The summed E-state index contributed by atoms with van der Waals surface area (Å²) < 4.78 is 5.12. The van der Waals surface area contributed by atoms with Crippen LogP contribution in [-0.2, 0) is 9.53 Å². The van der Waals surface area contributed by atoms with Crippen molar-refractivity contribution in [2.45, 2.75) is 26.2 Å². The summed E-state index contributed by atoms with van der Waals surface area (Å²) in [5, 5.41) is 7.10. The fraction of sp³-hybridized carbons (Fsp3) is 0.583. The van der Waals surface area contributed by atoms with Gasteiger partial charge in [-0.25, -0.2) is 0 Å². The summed E-state index contributed by atoms with van der Waals surface area (Å²) in [5.74, 6) is 0.442. The highest BCUT2D eigenvalue weighted by Gasteiger charge is 2.07. The molecule has 90 valence electrons. The Kier molecular flexibility index (Phi) is 6.11. The lowest BCUT2D eigenvalue weighted by atomic mass is 10.1. The van der Waals surface area contributed by atoms with E-state index in [1.54, 1.807) is 11.3 Å². The normalized spacial score (nSPS) is 12.4. The minimum absolute atomic E-state index is 0.0653. The molecule has 1 aromatic rings. The van der Waals surface area contributed by atoms with Gasteiger partial charge in [0, 0.05) is 19.6 Å². The van der Waals surface area contributed by atoms with Gasteiger partial charge >= 0.3 is 0 Å². The van der Waals surface area contributed by atoms with Crippen molar-refractivity contribution in [3.63, 3.8) is 0 Å². The van der Waals surface area contributed by atoms with Crippen LogP contribution in [0.3, 0.4) is 0 Å². The molecule has 0 aromatic carbocycles. The molecular weight excluding hydrogens is 222 g/mol. The van der Waals surface area contributed by atoms with Gasteiger partial charge in [0.05, 0.1) is 6.61 Å². The zero-order chi connectivity index (χ0) is 11.8. The Morgan fingerprint density at radius 3 is 3.06 bits per heavy atom. The molecule has 0 saturated heterocycles. The molecule has 0 radical (unpaired) electrons. The van der Waals surface area contributed by atoms with Gasteiger partial charge in [0.15, 0.2) is 0 Å². The van der Waals surface area contributed by atoms with Crippen molar-refractivity contribution in [1.82, 2.24) is 5.32 Å². The highest BCUT2D eigenvalue weighted by Crippen LogP contribution is 2.16. The molecule has 1 heterocycles. The summed E-state index contributed by atoms with van der Waals surface area (Å²) in [5.41, 5.74) is 1.29. The summed E-state index contributed by atoms with van der Waals surface area (Å²) in [6, 6.07) is 2.10. The first-order valence-corrected chi connectivity index (χ1v) is 6.54. The van der Waals surface area contributed by atoms with Gasteiger partial charge in [-0.2, -0.15) is 11.3 Å². The fourth-order valence-electron chi connectivity index (χ4n) is 1.34. The second kappa shape index (κ2) is 7.41. The summed E-state index contributed by atoms with van der Waals surface area (Å²) in [6.45, 7) is 5.91. The van der Waals surface area contributed by atoms with E-state index in [0.717, 1.165) is 0 Å². The predicted octanol–water partition coefficient (Wildman–Crippen LogP) is 2.39. The predicted molar refractivity (Wildman–Crippen MR) is 66.9 cm³/mol. The molecule has 0 bridgehead atoms. The van der Waals surface area contributed by atoms with E-state index in [1.165, 1.54) is 5.56 Å². The SMILES string of the molecule is CCOCCC(=O)NC[C@H](C)c1ccsc1. The van der Waals surface area contributed by atoms with E-state index in [2.05, 4.69) is 29.1 Å². The topological polar surface area (TPSA) is 38.3 Å². The van der Waals surface area contributed by atoms with E-state index in [4.69, 9.17) is 4.74 Å². The number of ether oxygens (including phenoxy) is 1. The number of thiophene rings is 1. The summed E-state index contributed by atoms with van der Waals surface area (Å²) in [6.07, 6.45) is 0.449. The van der Waals surface area contributed by atoms with Gasteiger partial charge in [0.1, 0.15) is 0 Å². The van der Waals surface area contributed by atoms with Crippen molar-refractivity contribution in [3.05, 3.63) is 22.4 Å². The Bertz CT molecular complexity index is 298. The molecule has 1 aromatic heterocycles. The molecule has 16 heavy (non-hydrogen) atoms. The molecule has 3 nitrogen and oxygen atoms in total. The number of hydrogen-bond acceptors (Lipinski definition) is 3. The van der Waals surface area contributed by atoms with Crippen LogP contribution in [-0.4, -0.2) is 25.7 Å². The number of carbonyl (C=O) groups is 1. The monoisotopic (exact) mass is 241 g/mol. The van der Waals surface area contributed by atoms with Crippen LogP contribution in [0.5, 0.6) is 0 Å². The molecule has 1 amide bonds. The minimum Gasteiger partial charge on any atom is -0.381 e. The summed E-state index contributed by atoms with van der Waals surface area (Å²) in [4.78, 5) is 11.4. The van der Waals surface area contributed by atoms with Gasteiger partial charge in [0.2, 0.25) is 5.91 Å². The molecule has 0 aliphatic heterocycles. The van der Waals surface area contributed by atoms with Crippen LogP contribution >= 0.6 is 11.3 Å². The number of hydrogen-bond donors (Lipinski definition) is 1. The first-order valence-electron chi connectivity index (χ1n) is 5.60. The number of carbonyl (C=O) groups excluding carboxylic acids is 1. The smallest absolute Gasteiger partial charge is 0.222 e. The third kappa shape index (κ3) is 4.77. The average molecular weight is 241 g/mol. The van der Waals surface area contributed by atoms with Crippen LogP contribution in [0.2, 0.25) is 0 Å². The highest BCUT2D eigenvalue weighted by atomic mass is 32.1. The molecular formula is C12H19NO2S. The maximum atomic E-state index is 11.4. The summed E-state index contributed by atoms with van der Waals surface area (Å²) >= 11 is 1.69. The lowest BCUT2D eigenvalue weighted by molar-refractivity contribution is -0.122. The van der Waals surface area contributed by atoms with Gasteiger partial charge in [0.25, 0.3) is 0 Å². The van der Waals surface area contributed by atoms with E-state index in [1.807, 2.05) is 6.92 Å². The maximum Gasteiger partial charge on any atom is 0.222 e. The molecule has 0 unspecified atom stereocenters. The Morgan fingerprint density at radius 2 is 2.44 bits per heavy atom. The van der Waals surface area contributed by atoms with Crippen molar-refractivity contribution in [3.8, 4) is 0 Å². The third-order valence-corrected chi connectivity index (χ3v) is 3.10. The van der Waals surface area contributed by atoms with Gasteiger partial charge < -0.3 is 10.1 Å². The lowest BCUT2D eigenvalue weighted by Crippen LogP contribution is -2.28. The van der Waals surface area contributed by atoms with Crippen molar-refractivity contribution in [2.24, 2.45) is 0 Å². The molecule has 1 rings (SSSR count). The molecule has 0 fully saturated rings. The minimum atomic E-state index is 0.0653. The first-order chi connectivity index (χ1) is 7.74. The van der Waals surface area contributed by atoms with Crippen molar-refractivity contribution in [2.75, 3.05) is 19.8 Å². The molecule has 1 N–H and O–H groups in total. The van der Waals surface area contributed by atoms with Crippen molar-refractivity contribution in [1.29, 1.82) is 0 Å². The van der Waals surface area contributed by atoms with Crippen LogP contribution in [0, 0.1) is 0 Å². The van der Waals surface area contributed by atoms with Crippen molar-refractivity contribution < 1.29 is 9.53 Å². The fourth-order valence-corrected chi connectivity index (χ4v) is 2.12. The molecule has 0 aliphatic rings. The second-order valence-electron chi connectivity index (χ2n) is 3.71. The Labute approximate surface area is 101 Å². The molecule has 0 spiro atoms. The highest BCUT2D eigenvalue weighted by molar-refractivity contribution is 7.07. The van der Waals surface area contributed by atoms with E-state index in [9.17, 15) is 4.79 Å². The van der Waals surface area contributed by atoms with E-state index in [0.29, 0.717) is 32.1 Å². The number of rotatable bonds is 7. The number of nitrogens with one attached hydrogen (secondary N) is 1. The first kappa shape index (κ1) is 13.2. The van der Waals surface area contributed by atoms with Crippen LogP contribution in [0.25, 0.3) is 0 Å². The molecule has 1 atom stereocenters. The molecule has 0 saturated carbocycles. The van der Waals surface area contributed by atoms with Crippen LogP contribution in [0.4, 0.5) is 0 Å². The van der Waals surface area contributed by atoms with Crippen LogP contribution in [0.1, 0.15) is 31.7 Å².